The van der Waals surface area contributed by atoms with Gasteiger partial charge in [-0.25, -0.2) is 0 Å². The Morgan fingerprint density at radius 1 is 1.48 bits per heavy atom. The third kappa shape index (κ3) is 3.25. The van der Waals surface area contributed by atoms with Crippen LogP contribution in [0.25, 0.3) is 0 Å². The van der Waals surface area contributed by atoms with E-state index in [-0.39, 0.29) is 11.0 Å². The number of benzene rings is 1. The molecule has 110 valence electrons. The number of carbonyl (C=O) groups is 1. The highest BCUT2D eigenvalue weighted by Gasteiger charge is 2.37. The van der Waals surface area contributed by atoms with Crippen LogP contribution >= 0.6 is 12.2 Å². The van der Waals surface area contributed by atoms with Gasteiger partial charge < -0.3 is 5.73 Å². The van der Waals surface area contributed by atoms with Crippen molar-refractivity contribution in [3.05, 3.63) is 30.3 Å². The summed E-state index contributed by atoms with van der Waals surface area (Å²) in [7, 11) is 0. The van der Waals surface area contributed by atoms with Crippen LogP contribution in [0.4, 0.5) is 5.69 Å². The Kier molecular flexibility index (Phi) is 4.64. The number of amides is 1. The van der Waals surface area contributed by atoms with Crippen molar-refractivity contribution in [3.63, 3.8) is 0 Å². The van der Waals surface area contributed by atoms with Gasteiger partial charge in [0, 0.05) is 0 Å². The number of hydrazone groups is 2. The molecular formula is C14H17N5OS. The van der Waals surface area contributed by atoms with Gasteiger partial charge in [0.25, 0.3) is 5.91 Å². The van der Waals surface area contributed by atoms with Crippen molar-refractivity contribution in [2.45, 2.75) is 20.3 Å². The van der Waals surface area contributed by atoms with Crippen molar-refractivity contribution < 1.29 is 4.79 Å². The average molecular weight is 303 g/mol. The molecule has 0 fully saturated rings. The monoisotopic (exact) mass is 303 g/mol. The molecule has 1 aromatic rings. The lowest BCUT2D eigenvalue weighted by atomic mass is 9.96. The molecule has 6 nitrogen and oxygen atoms in total. The van der Waals surface area contributed by atoms with Gasteiger partial charge in [-0.2, -0.15) is 15.2 Å². The van der Waals surface area contributed by atoms with E-state index in [4.69, 9.17) is 18.0 Å². The standard InChI is InChI=1S/C14H17N5OS/c1-3-11(16-17-14(15)21)12-9(2)18-19(13(12)20)10-7-5-4-6-8-10/h4-8,12H,3H2,1-2H3,(H3,15,17,21). The van der Waals surface area contributed by atoms with Crippen molar-refractivity contribution in [2.24, 2.45) is 21.9 Å². The Labute approximate surface area is 128 Å². The zero-order valence-electron chi connectivity index (χ0n) is 11.9. The van der Waals surface area contributed by atoms with Crippen molar-refractivity contribution in [2.75, 3.05) is 5.01 Å². The van der Waals surface area contributed by atoms with Gasteiger partial charge in [-0.1, -0.05) is 25.1 Å². The van der Waals surface area contributed by atoms with Crippen LogP contribution in [0.1, 0.15) is 20.3 Å². The lowest BCUT2D eigenvalue weighted by molar-refractivity contribution is -0.118. The number of rotatable bonds is 4. The number of nitrogens with two attached hydrogens (primary N) is 1. The molecule has 1 aliphatic rings. The van der Waals surface area contributed by atoms with Crippen LogP contribution in [0.3, 0.4) is 0 Å². The van der Waals surface area contributed by atoms with E-state index in [0.29, 0.717) is 17.8 Å². The molecule has 1 aliphatic heterocycles. The molecule has 1 atom stereocenters. The van der Waals surface area contributed by atoms with E-state index in [2.05, 4.69) is 15.6 Å². The van der Waals surface area contributed by atoms with Gasteiger partial charge in [0.1, 0.15) is 5.92 Å². The molecule has 0 aliphatic carbocycles. The minimum absolute atomic E-state index is 0.0703. The molecule has 3 N–H and O–H groups in total. The molecule has 1 unspecified atom stereocenters. The summed E-state index contributed by atoms with van der Waals surface area (Å²) < 4.78 is 0. The minimum atomic E-state index is -0.475. The third-order valence-corrected chi connectivity index (χ3v) is 3.23. The summed E-state index contributed by atoms with van der Waals surface area (Å²) in [6.45, 7) is 3.74. The molecule has 0 bridgehead atoms. The summed E-state index contributed by atoms with van der Waals surface area (Å²) in [5, 5.41) is 9.95. The normalized spacial score (nSPS) is 18.7. The zero-order valence-corrected chi connectivity index (χ0v) is 12.7. The molecule has 0 spiro atoms. The predicted octanol–water partition coefficient (Wildman–Crippen LogP) is 1.62. The fourth-order valence-electron chi connectivity index (χ4n) is 2.18. The van der Waals surface area contributed by atoms with Gasteiger partial charge >= 0.3 is 0 Å². The topological polar surface area (TPSA) is 83.1 Å². The first-order valence-corrected chi connectivity index (χ1v) is 7.01. The van der Waals surface area contributed by atoms with Gasteiger partial charge in [-0.15, -0.1) is 0 Å². The molecule has 0 saturated heterocycles. The van der Waals surface area contributed by atoms with Crippen molar-refractivity contribution in [1.82, 2.24) is 5.43 Å². The van der Waals surface area contributed by atoms with E-state index < -0.39 is 5.92 Å². The number of nitrogens with zero attached hydrogens (tertiary/aromatic N) is 3. The van der Waals surface area contributed by atoms with Crippen molar-refractivity contribution in [3.8, 4) is 0 Å². The number of anilines is 1. The lowest BCUT2D eigenvalue weighted by Crippen LogP contribution is -2.35. The van der Waals surface area contributed by atoms with E-state index in [9.17, 15) is 4.79 Å². The highest BCUT2D eigenvalue weighted by Crippen LogP contribution is 2.25. The van der Waals surface area contributed by atoms with Crippen LogP contribution in [0.15, 0.2) is 40.5 Å². The van der Waals surface area contributed by atoms with Gasteiger partial charge in [0.15, 0.2) is 5.11 Å². The quantitative estimate of drug-likeness (QED) is 0.503. The molecular weight excluding hydrogens is 286 g/mol. The number of para-hydroxylation sites is 1. The highest BCUT2D eigenvalue weighted by atomic mass is 32.1. The van der Waals surface area contributed by atoms with Crippen molar-refractivity contribution in [1.29, 1.82) is 0 Å². The average Bonchev–Trinajstić information content (AvgIpc) is 2.77. The number of carbonyl (C=O) groups excluding carboxylic acids is 1. The second-order valence-electron chi connectivity index (χ2n) is 4.59. The van der Waals surface area contributed by atoms with E-state index in [1.165, 1.54) is 5.01 Å². The van der Waals surface area contributed by atoms with Crippen molar-refractivity contribution >= 4 is 40.3 Å². The summed E-state index contributed by atoms with van der Waals surface area (Å²) >= 11 is 4.73. The number of hydrogen-bond donors (Lipinski definition) is 2. The Hall–Kier alpha value is -2.28. The Bertz CT molecular complexity index is 611. The largest absolute Gasteiger partial charge is 0.375 e. The molecule has 21 heavy (non-hydrogen) atoms. The summed E-state index contributed by atoms with van der Waals surface area (Å²) in [5.41, 5.74) is 10.0. The maximum Gasteiger partial charge on any atom is 0.262 e. The SMILES string of the molecule is CCC(=NNC(N)=S)C1C(=O)N(c2ccccc2)N=C1C. The second kappa shape index (κ2) is 6.45. The Morgan fingerprint density at radius 2 is 2.14 bits per heavy atom. The molecule has 0 aromatic heterocycles. The first-order valence-electron chi connectivity index (χ1n) is 6.60. The lowest BCUT2D eigenvalue weighted by Gasteiger charge is -2.15. The number of thiocarbonyl (C=S) groups is 1. The molecule has 1 amide bonds. The van der Waals surface area contributed by atoms with E-state index in [1.54, 1.807) is 0 Å². The van der Waals surface area contributed by atoms with Gasteiger partial charge in [0.2, 0.25) is 0 Å². The van der Waals surface area contributed by atoms with Crippen LogP contribution in [-0.2, 0) is 4.79 Å². The second-order valence-corrected chi connectivity index (χ2v) is 5.03. The minimum Gasteiger partial charge on any atom is -0.375 e. The summed E-state index contributed by atoms with van der Waals surface area (Å²) in [4.78, 5) is 12.6. The first kappa shape index (κ1) is 15.1. The van der Waals surface area contributed by atoms with Gasteiger partial charge in [-0.3, -0.25) is 10.2 Å². The predicted molar refractivity (Wildman–Crippen MR) is 88.2 cm³/mol. The molecule has 0 radical (unpaired) electrons. The number of nitrogens with one attached hydrogen (secondary N) is 1. The van der Waals surface area contributed by atoms with Crippen LogP contribution < -0.4 is 16.2 Å². The van der Waals surface area contributed by atoms with Gasteiger partial charge in [-0.05, 0) is 37.7 Å². The third-order valence-electron chi connectivity index (χ3n) is 3.14. The summed E-state index contributed by atoms with van der Waals surface area (Å²) in [6, 6.07) is 9.30. The molecule has 2 rings (SSSR count). The maximum atomic E-state index is 12.6. The Morgan fingerprint density at radius 3 is 2.71 bits per heavy atom. The fourth-order valence-corrected chi connectivity index (χ4v) is 2.22. The summed E-state index contributed by atoms with van der Waals surface area (Å²) in [5.74, 6) is -0.596. The highest BCUT2D eigenvalue weighted by molar-refractivity contribution is 7.80. The molecule has 1 aromatic carbocycles. The summed E-state index contributed by atoms with van der Waals surface area (Å²) in [6.07, 6.45) is 0.599. The zero-order chi connectivity index (χ0) is 15.4. The van der Waals surface area contributed by atoms with Crippen LogP contribution in [0, 0.1) is 5.92 Å². The fraction of sp³-hybridized carbons (Fsp3) is 0.286. The molecule has 7 heteroatoms. The number of hydrogen-bond acceptors (Lipinski definition) is 4. The first-order chi connectivity index (χ1) is 10.0. The Balaban J connectivity index is 2.27. The van der Waals surface area contributed by atoms with Crippen LogP contribution in [0.5, 0.6) is 0 Å². The van der Waals surface area contributed by atoms with Crippen LogP contribution in [-0.4, -0.2) is 22.4 Å². The van der Waals surface area contributed by atoms with Gasteiger partial charge in [0.05, 0.1) is 17.1 Å². The van der Waals surface area contributed by atoms with E-state index in [0.717, 1.165) is 5.69 Å². The maximum absolute atomic E-state index is 12.6. The molecule has 1 heterocycles. The molecule has 0 saturated carbocycles. The van der Waals surface area contributed by atoms with E-state index in [1.807, 2.05) is 44.2 Å². The van der Waals surface area contributed by atoms with Crippen LogP contribution in [0.2, 0.25) is 0 Å². The smallest absolute Gasteiger partial charge is 0.262 e. The van der Waals surface area contributed by atoms with E-state index >= 15 is 0 Å².